The summed E-state index contributed by atoms with van der Waals surface area (Å²) in [5.41, 5.74) is 1.89. The van der Waals surface area contributed by atoms with E-state index in [4.69, 9.17) is 4.74 Å². The van der Waals surface area contributed by atoms with E-state index in [1.54, 1.807) is 7.11 Å². The number of nitrogens with one attached hydrogen (secondary N) is 1. The maximum absolute atomic E-state index is 5.29. The third kappa shape index (κ3) is 4.00. The Morgan fingerprint density at radius 3 is 2.33 bits per heavy atom. The zero-order valence-corrected chi connectivity index (χ0v) is 14.3. The zero-order valence-electron chi connectivity index (χ0n) is 14.3. The monoisotopic (exact) mass is 289 g/mol. The van der Waals surface area contributed by atoms with E-state index in [-0.39, 0.29) is 0 Å². The molecule has 2 nitrogen and oxygen atoms in total. The molecule has 2 rings (SSSR count). The lowest BCUT2D eigenvalue weighted by Gasteiger charge is -2.42. The molecular formula is C19H31NO. The van der Waals surface area contributed by atoms with Gasteiger partial charge in [-0.15, -0.1) is 0 Å². The summed E-state index contributed by atoms with van der Waals surface area (Å²) in [4.78, 5) is 0. The minimum atomic E-state index is 0.412. The topological polar surface area (TPSA) is 21.3 Å². The Morgan fingerprint density at radius 1 is 1.14 bits per heavy atom. The Morgan fingerprint density at radius 2 is 1.81 bits per heavy atom. The second-order valence-corrected chi connectivity index (χ2v) is 7.57. The van der Waals surface area contributed by atoms with Crippen LogP contribution in [0.15, 0.2) is 24.3 Å². The predicted molar refractivity (Wildman–Crippen MR) is 89.9 cm³/mol. The molecule has 0 aliphatic heterocycles. The summed E-state index contributed by atoms with van der Waals surface area (Å²) >= 11 is 0. The standard InChI is InChI=1S/C19H31NO/c1-19(2,3)16-9-6-15(13-20-4)18(12-16)14-7-10-17(21-5)11-8-14/h7-8,10-11,15-16,18,20H,6,9,12-13H2,1-5H3. The van der Waals surface area contributed by atoms with Gasteiger partial charge in [0.1, 0.15) is 5.75 Å². The molecule has 1 aliphatic carbocycles. The maximum atomic E-state index is 5.29. The SMILES string of the molecule is CNCC1CCC(C(C)(C)C)CC1c1ccc(OC)cc1. The summed E-state index contributed by atoms with van der Waals surface area (Å²) in [7, 11) is 3.80. The number of benzene rings is 1. The molecule has 21 heavy (non-hydrogen) atoms. The average Bonchev–Trinajstić information content (AvgIpc) is 2.47. The smallest absolute Gasteiger partial charge is 0.118 e. The first-order valence-electron chi connectivity index (χ1n) is 8.24. The minimum absolute atomic E-state index is 0.412. The van der Waals surface area contributed by atoms with Gasteiger partial charge < -0.3 is 10.1 Å². The van der Waals surface area contributed by atoms with Crippen LogP contribution in [0.25, 0.3) is 0 Å². The molecule has 1 aromatic rings. The number of ether oxygens (including phenoxy) is 1. The van der Waals surface area contributed by atoms with Crippen LogP contribution in [0.2, 0.25) is 0 Å². The molecule has 3 atom stereocenters. The van der Waals surface area contributed by atoms with Gasteiger partial charge in [-0.25, -0.2) is 0 Å². The molecule has 1 aliphatic rings. The fraction of sp³-hybridized carbons (Fsp3) is 0.684. The Balaban J connectivity index is 2.20. The van der Waals surface area contributed by atoms with Crippen molar-refractivity contribution in [3.63, 3.8) is 0 Å². The van der Waals surface area contributed by atoms with Gasteiger partial charge in [0.15, 0.2) is 0 Å². The van der Waals surface area contributed by atoms with E-state index in [0.717, 1.165) is 24.1 Å². The molecule has 1 saturated carbocycles. The highest BCUT2D eigenvalue weighted by molar-refractivity contribution is 5.30. The van der Waals surface area contributed by atoms with Gasteiger partial charge in [0.05, 0.1) is 7.11 Å². The molecule has 1 N–H and O–H groups in total. The largest absolute Gasteiger partial charge is 0.497 e. The third-order valence-corrected chi connectivity index (χ3v) is 5.23. The zero-order chi connectivity index (χ0) is 15.5. The highest BCUT2D eigenvalue weighted by Crippen LogP contribution is 2.46. The van der Waals surface area contributed by atoms with E-state index < -0.39 is 0 Å². The summed E-state index contributed by atoms with van der Waals surface area (Å²) in [6.07, 6.45) is 4.00. The molecule has 0 spiro atoms. The first-order valence-corrected chi connectivity index (χ1v) is 8.24. The van der Waals surface area contributed by atoms with Crippen molar-refractivity contribution in [2.24, 2.45) is 17.3 Å². The lowest BCUT2D eigenvalue weighted by Crippen LogP contribution is -2.34. The fourth-order valence-corrected chi connectivity index (χ4v) is 3.79. The summed E-state index contributed by atoms with van der Waals surface area (Å²) < 4.78 is 5.29. The van der Waals surface area contributed by atoms with Crippen molar-refractivity contribution in [1.82, 2.24) is 5.32 Å². The third-order valence-electron chi connectivity index (χ3n) is 5.23. The highest BCUT2D eigenvalue weighted by Gasteiger charge is 2.36. The first kappa shape index (κ1) is 16.4. The van der Waals surface area contributed by atoms with Gasteiger partial charge >= 0.3 is 0 Å². The van der Waals surface area contributed by atoms with Crippen LogP contribution in [0.4, 0.5) is 0 Å². The van der Waals surface area contributed by atoms with Crippen LogP contribution in [-0.2, 0) is 0 Å². The number of methoxy groups -OCH3 is 1. The van der Waals surface area contributed by atoms with Gasteiger partial charge in [-0.3, -0.25) is 0 Å². The molecule has 118 valence electrons. The molecule has 3 unspecified atom stereocenters. The van der Waals surface area contributed by atoms with Crippen molar-refractivity contribution >= 4 is 0 Å². The van der Waals surface area contributed by atoms with Crippen molar-refractivity contribution in [3.05, 3.63) is 29.8 Å². The number of hydrogen-bond acceptors (Lipinski definition) is 2. The van der Waals surface area contributed by atoms with Gasteiger partial charge in [-0.2, -0.15) is 0 Å². The molecule has 0 bridgehead atoms. The molecule has 0 saturated heterocycles. The van der Waals surface area contributed by atoms with Crippen LogP contribution in [0.3, 0.4) is 0 Å². The lowest BCUT2D eigenvalue weighted by atomic mass is 9.64. The number of hydrogen-bond donors (Lipinski definition) is 1. The lowest BCUT2D eigenvalue weighted by molar-refractivity contribution is 0.130. The van der Waals surface area contributed by atoms with Gasteiger partial charge in [0, 0.05) is 0 Å². The van der Waals surface area contributed by atoms with Gasteiger partial charge in [0.2, 0.25) is 0 Å². The van der Waals surface area contributed by atoms with Gasteiger partial charge in [-0.05, 0) is 73.7 Å². The van der Waals surface area contributed by atoms with Crippen molar-refractivity contribution in [2.75, 3.05) is 20.7 Å². The fourth-order valence-electron chi connectivity index (χ4n) is 3.79. The Kier molecular flexibility index (Phi) is 5.32. The van der Waals surface area contributed by atoms with Crippen LogP contribution in [-0.4, -0.2) is 20.7 Å². The van der Waals surface area contributed by atoms with E-state index in [9.17, 15) is 0 Å². The predicted octanol–water partition coefficient (Wildman–Crippen LogP) is 4.46. The Labute approximate surface area is 130 Å². The average molecular weight is 289 g/mol. The molecule has 1 aromatic carbocycles. The highest BCUT2D eigenvalue weighted by atomic mass is 16.5. The second kappa shape index (κ2) is 6.83. The van der Waals surface area contributed by atoms with E-state index in [1.807, 2.05) is 0 Å². The van der Waals surface area contributed by atoms with Gasteiger partial charge in [-0.1, -0.05) is 32.9 Å². The number of rotatable bonds is 4. The van der Waals surface area contributed by atoms with Crippen LogP contribution in [0.5, 0.6) is 5.75 Å². The van der Waals surface area contributed by atoms with Crippen molar-refractivity contribution in [3.8, 4) is 5.75 Å². The molecule has 2 heteroatoms. The molecule has 0 heterocycles. The normalized spacial score (nSPS) is 26.6. The summed E-state index contributed by atoms with van der Waals surface area (Å²) in [5, 5.41) is 3.39. The molecule has 0 amide bonds. The molecule has 0 radical (unpaired) electrons. The maximum Gasteiger partial charge on any atom is 0.118 e. The molecule has 0 aromatic heterocycles. The van der Waals surface area contributed by atoms with Crippen molar-refractivity contribution < 1.29 is 4.74 Å². The van der Waals surface area contributed by atoms with Crippen LogP contribution < -0.4 is 10.1 Å². The van der Waals surface area contributed by atoms with Gasteiger partial charge in [0.25, 0.3) is 0 Å². The van der Waals surface area contributed by atoms with Crippen LogP contribution >= 0.6 is 0 Å². The molecule has 1 fully saturated rings. The van der Waals surface area contributed by atoms with E-state index in [2.05, 4.69) is 57.4 Å². The summed E-state index contributed by atoms with van der Waals surface area (Å²) in [5.74, 6) is 3.19. The Bertz CT molecular complexity index is 432. The van der Waals surface area contributed by atoms with Crippen LogP contribution in [0, 0.1) is 17.3 Å². The first-order chi connectivity index (χ1) is 9.95. The second-order valence-electron chi connectivity index (χ2n) is 7.57. The van der Waals surface area contributed by atoms with Crippen LogP contribution in [0.1, 0.15) is 51.5 Å². The molecular weight excluding hydrogens is 258 g/mol. The Hall–Kier alpha value is -1.02. The summed E-state index contributed by atoms with van der Waals surface area (Å²) in [6, 6.07) is 8.73. The quantitative estimate of drug-likeness (QED) is 0.883. The van der Waals surface area contributed by atoms with E-state index >= 15 is 0 Å². The van der Waals surface area contributed by atoms with E-state index in [0.29, 0.717) is 11.3 Å². The van der Waals surface area contributed by atoms with Crippen molar-refractivity contribution in [2.45, 2.75) is 46.0 Å². The summed E-state index contributed by atoms with van der Waals surface area (Å²) in [6.45, 7) is 8.29. The van der Waals surface area contributed by atoms with E-state index in [1.165, 1.54) is 24.8 Å². The van der Waals surface area contributed by atoms with Crippen molar-refractivity contribution in [1.29, 1.82) is 0 Å². The minimum Gasteiger partial charge on any atom is -0.497 e.